The number of hydrogen-bond acceptors (Lipinski definition) is 3. The van der Waals surface area contributed by atoms with Gasteiger partial charge in [0.05, 0.1) is 0 Å². The highest BCUT2D eigenvalue weighted by Crippen LogP contribution is 2.03. The summed E-state index contributed by atoms with van der Waals surface area (Å²) in [6, 6.07) is 3.38. The summed E-state index contributed by atoms with van der Waals surface area (Å²) in [5.41, 5.74) is 1.03. The fourth-order valence-electron chi connectivity index (χ4n) is 1.06. The van der Waals surface area contributed by atoms with Crippen molar-refractivity contribution in [3.05, 3.63) is 42.9 Å². The zero-order valence-electron chi connectivity index (χ0n) is 6.84. The van der Waals surface area contributed by atoms with Crippen LogP contribution in [0.2, 0.25) is 0 Å². The van der Waals surface area contributed by atoms with Gasteiger partial charge in [0.1, 0.15) is 5.69 Å². The molecule has 4 heteroatoms. The summed E-state index contributed by atoms with van der Waals surface area (Å²) in [6.07, 6.45) is 4.63. The Morgan fingerprint density at radius 1 is 1.62 bits per heavy atom. The Hall–Kier alpha value is -1.97. The second kappa shape index (κ2) is 2.82. The normalized spacial score (nSPS) is 10.2. The molecule has 0 amide bonds. The van der Waals surface area contributed by atoms with Gasteiger partial charge < -0.3 is 0 Å². The van der Waals surface area contributed by atoms with Gasteiger partial charge in [0.15, 0.2) is 5.65 Å². The number of fused-ring (bicyclic) bond motifs is 1. The maximum Gasteiger partial charge on any atom is 0.205 e. The first-order valence-corrected chi connectivity index (χ1v) is 3.78. The highest BCUT2D eigenvalue weighted by molar-refractivity contribution is 6.03. The molecule has 0 N–H and O–H groups in total. The molecule has 0 fully saturated rings. The highest BCUT2D eigenvalue weighted by atomic mass is 16.1. The van der Waals surface area contributed by atoms with Gasteiger partial charge in [-0.15, -0.1) is 0 Å². The average molecular weight is 173 g/mol. The van der Waals surface area contributed by atoms with E-state index in [1.165, 1.54) is 6.08 Å². The fourth-order valence-corrected chi connectivity index (χ4v) is 1.06. The average Bonchev–Trinajstić information content (AvgIpc) is 2.59. The summed E-state index contributed by atoms with van der Waals surface area (Å²) < 4.78 is 1.55. The molecule has 0 unspecified atom stereocenters. The lowest BCUT2D eigenvalue weighted by molar-refractivity contribution is 0.104. The van der Waals surface area contributed by atoms with Crippen LogP contribution in [0.4, 0.5) is 0 Å². The molecule has 0 saturated heterocycles. The maximum absolute atomic E-state index is 11.2. The first kappa shape index (κ1) is 7.67. The van der Waals surface area contributed by atoms with Crippen LogP contribution in [0.15, 0.2) is 37.2 Å². The van der Waals surface area contributed by atoms with Crippen molar-refractivity contribution in [2.24, 2.45) is 0 Å². The van der Waals surface area contributed by atoms with Crippen LogP contribution < -0.4 is 0 Å². The van der Waals surface area contributed by atoms with E-state index in [0.717, 1.165) is 0 Å². The minimum Gasteiger partial charge on any atom is -0.287 e. The lowest BCUT2D eigenvalue weighted by atomic mass is 10.3. The van der Waals surface area contributed by atoms with E-state index in [0.29, 0.717) is 11.3 Å². The van der Waals surface area contributed by atoms with E-state index >= 15 is 0 Å². The molecule has 0 aliphatic rings. The molecule has 2 heterocycles. The Kier molecular flexibility index (Phi) is 1.66. The number of carbonyl (C=O) groups excluding carboxylic acids is 1. The van der Waals surface area contributed by atoms with Gasteiger partial charge >= 0.3 is 0 Å². The molecule has 0 spiro atoms. The van der Waals surface area contributed by atoms with Crippen LogP contribution in [-0.4, -0.2) is 20.4 Å². The van der Waals surface area contributed by atoms with Gasteiger partial charge in [0.25, 0.3) is 0 Å². The van der Waals surface area contributed by atoms with Crippen LogP contribution in [0.25, 0.3) is 5.65 Å². The third-order valence-electron chi connectivity index (χ3n) is 1.67. The standard InChI is InChI=1S/C9H7N3O/c1-2-8(13)7-6-9-10-4-3-5-12(9)11-7/h2-6H,1H2. The van der Waals surface area contributed by atoms with Crippen molar-refractivity contribution in [1.29, 1.82) is 0 Å². The van der Waals surface area contributed by atoms with Crippen LogP contribution in [0, 0.1) is 0 Å². The zero-order valence-corrected chi connectivity index (χ0v) is 6.84. The molecular weight excluding hydrogens is 166 g/mol. The molecule has 0 aliphatic heterocycles. The highest BCUT2D eigenvalue weighted by Gasteiger charge is 2.06. The topological polar surface area (TPSA) is 47.3 Å². The largest absolute Gasteiger partial charge is 0.287 e. The van der Waals surface area contributed by atoms with Gasteiger partial charge in [-0.2, -0.15) is 5.10 Å². The SMILES string of the molecule is C=CC(=O)c1cc2ncccn2n1. The monoisotopic (exact) mass is 173 g/mol. The van der Waals surface area contributed by atoms with Gasteiger partial charge in [0, 0.05) is 18.5 Å². The third kappa shape index (κ3) is 1.22. The molecular formula is C9H7N3O. The Morgan fingerprint density at radius 2 is 2.46 bits per heavy atom. The van der Waals surface area contributed by atoms with Gasteiger partial charge in [-0.25, -0.2) is 9.50 Å². The van der Waals surface area contributed by atoms with E-state index in [1.54, 1.807) is 29.0 Å². The third-order valence-corrected chi connectivity index (χ3v) is 1.67. The molecule has 64 valence electrons. The number of nitrogens with zero attached hydrogens (tertiary/aromatic N) is 3. The first-order valence-electron chi connectivity index (χ1n) is 3.78. The molecule has 2 aromatic rings. The molecule has 0 bridgehead atoms. The second-order valence-electron chi connectivity index (χ2n) is 2.52. The van der Waals surface area contributed by atoms with Crippen molar-refractivity contribution < 1.29 is 4.79 Å². The molecule has 0 aromatic carbocycles. The van der Waals surface area contributed by atoms with E-state index in [9.17, 15) is 4.79 Å². The second-order valence-corrected chi connectivity index (χ2v) is 2.52. The van der Waals surface area contributed by atoms with E-state index in [2.05, 4.69) is 16.7 Å². The maximum atomic E-state index is 11.2. The Morgan fingerprint density at radius 3 is 3.15 bits per heavy atom. The van der Waals surface area contributed by atoms with Crippen LogP contribution in [0.1, 0.15) is 10.5 Å². The van der Waals surface area contributed by atoms with Crippen molar-refractivity contribution in [3.63, 3.8) is 0 Å². The number of aromatic nitrogens is 3. The first-order chi connectivity index (χ1) is 6.31. The number of hydrogen-bond donors (Lipinski definition) is 0. The quantitative estimate of drug-likeness (QED) is 0.504. The Bertz CT molecular complexity index is 439. The lowest BCUT2D eigenvalue weighted by Gasteiger charge is -1.86. The van der Waals surface area contributed by atoms with Gasteiger partial charge in [-0.3, -0.25) is 4.79 Å². The Balaban J connectivity index is 2.62. The Labute approximate surface area is 74.5 Å². The van der Waals surface area contributed by atoms with E-state index in [-0.39, 0.29) is 5.78 Å². The summed E-state index contributed by atoms with van der Waals surface area (Å²) in [5.74, 6) is -0.189. The number of rotatable bonds is 2. The van der Waals surface area contributed by atoms with Gasteiger partial charge in [-0.05, 0) is 12.1 Å². The summed E-state index contributed by atoms with van der Waals surface area (Å²) in [5, 5.41) is 4.02. The van der Waals surface area contributed by atoms with E-state index < -0.39 is 0 Å². The van der Waals surface area contributed by atoms with E-state index in [4.69, 9.17) is 0 Å². The summed E-state index contributed by atoms with van der Waals surface area (Å²) in [6.45, 7) is 3.39. The number of allylic oxidation sites excluding steroid dienone is 1. The van der Waals surface area contributed by atoms with Crippen molar-refractivity contribution in [2.75, 3.05) is 0 Å². The lowest BCUT2D eigenvalue weighted by Crippen LogP contribution is -1.95. The van der Waals surface area contributed by atoms with Crippen molar-refractivity contribution in [1.82, 2.24) is 14.6 Å². The molecule has 2 rings (SSSR count). The summed E-state index contributed by atoms with van der Waals surface area (Å²) >= 11 is 0. The molecule has 0 radical (unpaired) electrons. The van der Waals surface area contributed by atoms with Crippen LogP contribution >= 0.6 is 0 Å². The van der Waals surface area contributed by atoms with Crippen LogP contribution in [0.5, 0.6) is 0 Å². The minimum absolute atomic E-state index is 0.189. The predicted octanol–water partition coefficient (Wildman–Crippen LogP) is 1.10. The molecule has 0 saturated carbocycles. The molecule has 4 nitrogen and oxygen atoms in total. The predicted molar refractivity (Wildman–Crippen MR) is 47.5 cm³/mol. The molecule has 0 atom stereocenters. The van der Waals surface area contributed by atoms with Crippen molar-refractivity contribution >= 4 is 11.4 Å². The molecule has 13 heavy (non-hydrogen) atoms. The van der Waals surface area contributed by atoms with Crippen molar-refractivity contribution in [3.8, 4) is 0 Å². The number of carbonyl (C=O) groups is 1. The zero-order chi connectivity index (χ0) is 9.26. The van der Waals surface area contributed by atoms with Crippen LogP contribution in [0.3, 0.4) is 0 Å². The molecule has 0 aliphatic carbocycles. The van der Waals surface area contributed by atoms with Gasteiger partial charge in [-0.1, -0.05) is 6.58 Å². The van der Waals surface area contributed by atoms with Crippen LogP contribution in [-0.2, 0) is 0 Å². The summed E-state index contributed by atoms with van der Waals surface area (Å²) in [4.78, 5) is 15.2. The smallest absolute Gasteiger partial charge is 0.205 e. The van der Waals surface area contributed by atoms with Crippen molar-refractivity contribution in [2.45, 2.75) is 0 Å². The minimum atomic E-state index is -0.189. The van der Waals surface area contributed by atoms with E-state index in [1.807, 2.05) is 0 Å². The number of ketones is 1. The van der Waals surface area contributed by atoms with Gasteiger partial charge in [0.2, 0.25) is 5.78 Å². The fraction of sp³-hybridized carbons (Fsp3) is 0. The summed E-state index contributed by atoms with van der Waals surface area (Å²) in [7, 11) is 0. The molecule has 2 aromatic heterocycles.